The van der Waals surface area contributed by atoms with Gasteiger partial charge in [0.05, 0.1) is 16.0 Å². The average molecular weight is 448 g/mol. The maximum atomic E-state index is 12.6. The number of esters is 1. The minimum atomic E-state index is -3.13. The topological polar surface area (TPSA) is 101 Å². The molecule has 1 aliphatic rings. The van der Waals surface area contributed by atoms with Crippen LogP contribution in [0.5, 0.6) is 5.75 Å². The number of phenolic OH excluding ortho intramolecular Hbond substituents is 1. The number of likely N-dealkylation sites (N-methyl/N-ethyl adjacent to an activating group) is 1. The number of sulfone groups is 1. The van der Waals surface area contributed by atoms with Crippen LogP contribution in [0.1, 0.15) is 36.2 Å². The molecular weight excluding hydrogens is 426 g/mol. The number of nitrogens with zero attached hydrogens (tertiary/aromatic N) is 1. The van der Waals surface area contributed by atoms with Crippen LogP contribution in [0.25, 0.3) is 0 Å². The maximum absolute atomic E-state index is 12.6. The molecule has 1 heterocycles. The Morgan fingerprint density at radius 3 is 2.62 bits per heavy atom. The number of halogens is 1. The van der Waals surface area contributed by atoms with Gasteiger partial charge in [-0.3, -0.25) is 4.79 Å². The van der Waals surface area contributed by atoms with Crippen molar-refractivity contribution >= 4 is 37.6 Å². The third-order valence-electron chi connectivity index (χ3n) is 4.33. The van der Waals surface area contributed by atoms with Crippen LogP contribution in [-0.2, 0) is 19.4 Å². The highest BCUT2D eigenvalue weighted by molar-refractivity contribution is 9.10. The lowest BCUT2D eigenvalue weighted by Crippen LogP contribution is -2.46. The molecule has 0 aromatic heterocycles. The molecule has 2 unspecified atom stereocenters. The number of aryl methyl sites for hydroxylation is 1. The molecule has 1 amide bonds. The summed E-state index contributed by atoms with van der Waals surface area (Å²) in [6.45, 7) is 5.27. The van der Waals surface area contributed by atoms with E-state index >= 15 is 0 Å². The second-order valence-electron chi connectivity index (χ2n) is 6.37. The number of hydrogen-bond donors (Lipinski definition) is 1. The minimum absolute atomic E-state index is 0.0389. The third kappa shape index (κ3) is 4.56. The van der Waals surface area contributed by atoms with Crippen molar-refractivity contribution in [1.82, 2.24) is 4.90 Å². The summed E-state index contributed by atoms with van der Waals surface area (Å²) in [7, 11) is -3.13. The molecule has 1 aliphatic heterocycles. The standard InChI is InChI=1S/C17H22BrNO6S/c1-4-19(12-5-6-26(23,24)9-12)16(21)11(3)25-17(22)13-7-10(2)8-14(18)15(13)20/h7-8,11-12,20H,4-6,9H2,1-3H3. The van der Waals surface area contributed by atoms with Crippen LogP contribution in [0.15, 0.2) is 16.6 Å². The number of carbonyl (C=O) groups excluding carboxylic acids is 2. The molecule has 144 valence electrons. The van der Waals surface area contributed by atoms with E-state index in [0.717, 1.165) is 5.56 Å². The van der Waals surface area contributed by atoms with Crippen molar-refractivity contribution < 1.29 is 27.9 Å². The Bertz CT molecular complexity index is 823. The summed E-state index contributed by atoms with van der Waals surface area (Å²) < 4.78 is 28.9. The summed E-state index contributed by atoms with van der Waals surface area (Å²) in [6, 6.07) is 2.72. The largest absolute Gasteiger partial charge is 0.506 e. The molecule has 7 nitrogen and oxygen atoms in total. The number of carbonyl (C=O) groups is 2. The first-order chi connectivity index (χ1) is 12.1. The number of amides is 1. The number of ether oxygens (including phenoxy) is 1. The quantitative estimate of drug-likeness (QED) is 0.692. The second-order valence-corrected chi connectivity index (χ2v) is 9.45. The molecule has 0 bridgehead atoms. The van der Waals surface area contributed by atoms with E-state index in [2.05, 4.69) is 15.9 Å². The van der Waals surface area contributed by atoms with Gasteiger partial charge in [-0.15, -0.1) is 0 Å². The van der Waals surface area contributed by atoms with Crippen molar-refractivity contribution in [3.8, 4) is 5.75 Å². The van der Waals surface area contributed by atoms with E-state index in [-0.39, 0.29) is 22.8 Å². The van der Waals surface area contributed by atoms with Gasteiger partial charge in [-0.2, -0.15) is 0 Å². The number of hydrogen-bond acceptors (Lipinski definition) is 6. The van der Waals surface area contributed by atoms with E-state index in [1.165, 1.54) is 17.9 Å². The van der Waals surface area contributed by atoms with Crippen molar-refractivity contribution in [3.05, 3.63) is 27.7 Å². The zero-order valence-corrected chi connectivity index (χ0v) is 17.3. The molecule has 0 radical (unpaired) electrons. The van der Waals surface area contributed by atoms with Gasteiger partial charge >= 0.3 is 5.97 Å². The fourth-order valence-electron chi connectivity index (χ4n) is 3.01. The summed E-state index contributed by atoms with van der Waals surface area (Å²) in [5, 5.41) is 10.0. The van der Waals surface area contributed by atoms with Crippen LogP contribution in [-0.4, -0.2) is 60.5 Å². The van der Waals surface area contributed by atoms with Crippen molar-refractivity contribution in [2.24, 2.45) is 0 Å². The molecule has 0 saturated carbocycles. The van der Waals surface area contributed by atoms with Crippen molar-refractivity contribution in [2.75, 3.05) is 18.1 Å². The molecule has 2 atom stereocenters. The summed E-state index contributed by atoms with van der Waals surface area (Å²) >= 11 is 3.16. The molecule has 1 saturated heterocycles. The van der Waals surface area contributed by atoms with E-state index < -0.39 is 33.9 Å². The first-order valence-electron chi connectivity index (χ1n) is 8.26. The summed E-state index contributed by atoms with van der Waals surface area (Å²) in [4.78, 5) is 26.4. The fraction of sp³-hybridized carbons (Fsp3) is 0.529. The normalized spacial score (nSPS) is 19.8. The highest BCUT2D eigenvalue weighted by Crippen LogP contribution is 2.30. The Morgan fingerprint density at radius 2 is 2.08 bits per heavy atom. The lowest BCUT2D eigenvalue weighted by molar-refractivity contribution is -0.141. The van der Waals surface area contributed by atoms with Gasteiger partial charge in [0, 0.05) is 12.6 Å². The second kappa shape index (κ2) is 7.96. The highest BCUT2D eigenvalue weighted by atomic mass is 79.9. The third-order valence-corrected chi connectivity index (χ3v) is 6.69. The Morgan fingerprint density at radius 1 is 1.42 bits per heavy atom. The summed E-state index contributed by atoms with van der Waals surface area (Å²) in [5.41, 5.74) is 0.704. The molecular formula is C17H22BrNO6S. The van der Waals surface area contributed by atoms with Crippen molar-refractivity contribution in [2.45, 2.75) is 39.3 Å². The van der Waals surface area contributed by atoms with Crippen molar-refractivity contribution in [3.63, 3.8) is 0 Å². The van der Waals surface area contributed by atoms with E-state index in [1.807, 2.05) is 0 Å². The van der Waals surface area contributed by atoms with Gasteiger partial charge in [0.15, 0.2) is 15.9 Å². The van der Waals surface area contributed by atoms with E-state index in [4.69, 9.17) is 4.74 Å². The van der Waals surface area contributed by atoms with Gasteiger partial charge in [0.25, 0.3) is 5.91 Å². The molecule has 1 fully saturated rings. The van der Waals surface area contributed by atoms with Crippen LogP contribution >= 0.6 is 15.9 Å². The predicted molar refractivity (Wildman–Crippen MR) is 99.9 cm³/mol. The smallest absolute Gasteiger partial charge is 0.342 e. The van der Waals surface area contributed by atoms with E-state index in [9.17, 15) is 23.1 Å². The van der Waals surface area contributed by atoms with Crippen LogP contribution < -0.4 is 0 Å². The lowest BCUT2D eigenvalue weighted by atomic mass is 10.1. The average Bonchev–Trinajstić information content (AvgIpc) is 2.91. The van der Waals surface area contributed by atoms with Crippen LogP contribution in [0.3, 0.4) is 0 Å². The molecule has 1 aromatic rings. The fourth-order valence-corrected chi connectivity index (χ4v) is 5.32. The predicted octanol–water partition coefficient (Wildman–Crippen LogP) is 2.04. The maximum Gasteiger partial charge on any atom is 0.342 e. The number of benzene rings is 1. The Kier molecular flexibility index (Phi) is 6.33. The van der Waals surface area contributed by atoms with Gasteiger partial charge in [-0.05, 0) is 60.8 Å². The van der Waals surface area contributed by atoms with Gasteiger partial charge in [-0.25, -0.2) is 13.2 Å². The van der Waals surface area contributed by atoms with E-state index in [1.54, 1.807) is 19.9 Å². The summed E-state index contributed by atoms with van der Waals surface area (Å²) in [6.07, 6.45) is -0.710. The Labute approximate surface area is 161 Å². The first-order valence-corrected chi connectivity index (χ1v) is 10.9. The monoisotopic (exact) mass is 447 g/mol. The Hall–Kier alpha value is -1.61. The molecule has 1 N–H and O–H groups in total. The molecule has 0 spiro atoms. The number of rotatable bonds is 5. The lowest BCUT2D eigenvalue weighted by Gasteiger charge is -2.29. The van der Waals surface area contributed by atoms with Gasteiger partial charge in [-0.1, -0.05) is 0 Å². The summed E-state index contributed by atoms with van der Waals surface area (Å²) in [5.74, 6) is -1.54. The molecule has 2 rings (SSSR count). The van der Waals surface area contributed by atoms with Crippen LogP contribution in [0, 0.1) is 6.92 Å². The van der Waals surface area contributed by atoms with E-state index in [0.29, 0.717) is 17.4 Å². The number of aromatic hydroxyl groups is 1. The SMILES string of the molecule is CCN(C(=O)C(C)OC(=O)c1cc(C)cc(Br)c1O)C1CCS(=O)(=O)C1. The van der Waals surface area contributed by atoms with Crippen molar-refractivity contribution in [1.29, 1.82) is 0 Å². The zero-order valence-electron chi connectivity index (χ0n) is 14.9. The first kappa shape index (κ1) is 20.7. The molecule has 9 heteroatoms. The molecule has 0 aliphatic carbocycles. The van der Waals surface area contributed by atoms with Gasteiger partial charge in [0.1, 0.15) is 11.3 Å². The van der Waals surface area contributed by atoms with Crippen LogP contribution in [0.4, 0.5) is 0 Å². The Balaban J connectivity index is 2.12. The van der Waals surface area contributed by atoms with Crippen LogP contribution in [0.2, 0.25) is 0 Å². The highest BCUT2D eigenvalue weighted by Gasteiger charge is 2.36. The molecule has 1 aromatic carbocycles. The number of phenols is 1. The van der Waals surface area contributed by atoms with Gasteiger partial charge in [0.2, 0.25) is 0 Å². The van der Waals surface area contributed by atoms with Gasteiger partial charge < -0.3 is 14.7 Å². The zero-order chi connectivity index (χ0) is 19.6. The molecule has 26 heavy (non-hydrogen) atoms. The minimum Gasteiger partial charge on any atom is -0.506 e.